The summed E-state index contributed by atoms with van der Waals surface area (Å²) in [6, 6.07) is 50.7. The zero-order valence-corrected chi connectivity index (χ0v) is 61.0. The van der Waals surface area contributed by atoms with Gasteiger partial charge in [-0.2, -0.15) is 10.5 Å². The Morgan fingerprint density at radius 2 is 0.981 bits per heavy atom. The molecule has 4 heterocycles. The molecular weight excluding hydrogens is 1400 g/mol. The fourth-order valence-corrected chi connectivity index (χ4v) is 9.28. The van der Waals surface area contributed by atoms with E-state index < -0.39 is 77.0 Å². The molecule has 6 aromatic carbocycles. The van der Waals surface area contributed by atoms with Gasteiger partial charge in [0, 0.05) is 37.8 Å². The lowest BCUT2D eigenvalue weighted by atomic mass is 10.0. The number of imidazole rings is 1. The summed E-state index contributed by atoms with van der Waals surface area (Å²) in [5.74, 6) is -2.10. The molecule has 0 saturated heterocycles. The quantitative estimate of drug-likeness (QED) is 0.0346. The van der Waals surface area contributed by atoms with E-state index in [9.17, 15) is 38.4 Å². The number of carboxylic acids is 1. The first-order valence-electron chi connectivity index (χ1n) is 33.2. The van der Waals surface area contributed by atoms with Gasteiger partial charge in [0.15, 0.2) is 16.3 Å². The predicted molar refractivity (Wildman–Crippen MR) is 380 cm³/mol. The Morgan fingerprint density at radius 1 is 0.561 bits per heavy atom. The number of nitrogens with two attached hydrogens (primary N) is 1. The molecule has 35 nitrogen and oxygen atoms in total. The third-order valence-corrected chi connectivity index (χ3v) is 14.0. The van der Waals surface area contributed by atoms with Gasteiger partial charge in [0.1, 0.15) is 51.4 Å². The molecule has 5 atom stereocenters. The Morgan fingerprint density at radius 3 is 1.40 bits per heavy atom. The Hall–Kier alpha value is -12.8. The summed E-state index contributed by atoms with van der Waals surface area (Å²) in [4.78, 5) is 104. The van der Waals surface area contributed by atoms with Crippen LogP contribution in [0.15, 0.2) is 176 Å². The van der Waals surface area contributed by atoms with Crippen molar-refractivity contribution in [2.45, 2.75) is 148 Å². The molecule has 0 aliphatic heterocycles. The third-order valence-electron chi connectivity index (χ3n) is 14.0. The average molecular weight is 1490 g/mol. The van der Waals surface area contributed by atoms with Crippen LogP contribution >= 0.6 is 0 Å². The van der Waals surface area contributed by atoms with Gasteiger partial charge >= 0.3 is 36.1 Å². The number of ether oxygens (including phenoxy) is 3. The van der Waals surface area contributed by atoms with Gasteiger partial charge < -0.3 is 69.0 Å². The lowest BCUT2D eigenvalue weighted by Crippen LogP contribution is -3.00. The number of benzene rings is 6. The molecule has 564 valence electrons. The van der Waals surface area contributed by atoms with Gasteiger partial charge in [-0.25, -0.2) is 33.8 Å². The number of carbonyl (C=O) groups is 8. The van der Waals surface area contributed by atoms with Crippen molar-refractivity contribution in [1.82, 2.24) is 98.0 Å². The number of amides is 5. The van der Waals surface area contributed by atoms with Crippen molar-refractivity contribution in [3.63, 3.8) is 0 Å². The predicted octanol–water partition coefficient (Wildman–Crippen LogP) is 2.11. The first-order chi connectivity index (χ1) is 50.5. The number of aromatic amines is 4. The van der Waals surface area contributed by atoms with Crippen molar-refractivity contribution in [2.24, 2.45) is 5.73 Å². The minimum absolute atomic E-state index is 0. The highest BCUT2D eigenvalue weighted by atomic mass is 35.5. The van der Waals surface area contributed by atoms with Gasteiger partial charge in [-0.1, -0.05) is 167 Å². The molecule has 5 amide bonds. The summed E-state index contributed by atoms with van der Waals surface area (Å²) in [7, 11) is 0. The highest BCUT2D eigenvalue weighted by molar-refractivity contribution is 5.97. The van der Waals surface area contributed by atoms with E-state index in [1.807, 2.05) is 158 Å². The summed E-state index contributed by atoms with van der Waals surface area (Å²) < 4.78 is 15.4. The van der Waals surface area contributed by atoms with Gasteiger partial charge in [-0.3, -0.25) is 9.59 Å². The molecular formula is C71H87ClN23O12+. The Bertz CT molecular complexity index is 4370. The molecule has 0 unspecified atom stereocenters. The van der Waals surface area contributed by atoms with E-state index in [1.54, 1.807) is 86.8 Å². The maximum absolute atomic E-state index is 12.7. The number of aliphatic carboxylic acids is 1. The number of H-pyrrole nitrogens is 4. The van der Waals surface area contributed by atoms with E-state index in [-0.39, 0.29) is 56.1 Å². The van der Waals surface area contributed by atoms with Gasteiger partial charge in [0.25, 0.3) is 5.91 Å². The van der Waals surface area contributed by atoms with E-state index in [2.05, 4.69) is 98.9 Å². The molecule has 10 aromatic rings. The molecule has 0 saturated carbocycles. The number of halogens is 1. The second-order valence-electron chi connectivity index (χ2n) is 26.2. The molecule has 10 rings (SSSR count). The number of alkyl carbamates (subject to hydrolysis) is 3. The van der Waals surface area contributed by atoms with Crippen LogP contribution in [0, 0.1) is 11.3 Å². The second-order valence-corrected chi connectivity index (χ2v) is 26.2. The number of aromatic nitrogens is 16. The van der Waals surface area contributed by atoms with Gasteiger partial charge in [-0.05, 0) is 115 Å². The molecule has 0 bridgehead atoms. The molecule has 4 aromatic heterocycles. The van der Waals surface area contributed by atoms with Crippen molar-refractivity contribution in [1.29, 1.82) is 5.26 Å². The van der Waals surface area contributed by atoms with E-state index in [0.29, 0.717) is 30.7 Å². The topological polar surface area (TPSA) is 493 Å². The molecule has 0 aliphatic carbocycles. The number of carboxylic acid groups (broad SMARTS) is 1. The number of tetrazole rings is 1. The van der Waals surface area contributed by atoms with Crippen molar-refractivity contribution < 1.29 is 80.5 Å². The largest absolute Gasteiger partial charge is 1.00 e. The maximum atomic E-state index is 12.7. The number of hydrogen-bond donors (Lipinski definition) is 9. The van der Waals surface area contributed by atoms with Gasteiger partial charge in [0.05, 0.1) is 55.9 Å². The van der Waals surface area contributed by atoms with Crippen molar-refractivity contribution in [3.8, 4) is 6.07 Å². The van der Waals surface area contributed by atoms with Crippen molar-refractivity contribution in [2.75, 3.05) is 6.54 Å². The van der Waals surface area contributed by atoms with Crippen LogP contribution in [0.2, 0.25) is 0 Å². The van der Waals surface area contributed by atoms with Crippen LogP contribution in [0.5, 0.6) is 0 Å². The summed E-state index contributed by atoms with van der Waals surface area (Å²) in [6.07, 6.45) is 1.62. The van der Waals surface area contributed by atoms with Crippen LogP contribution in [-0.4, -0.2) is 172 Å². The van der Waals surface area contributed by atoms with Crippen LogP contribution < -0.4 is 55.2 Å². The Balaban J connectivity index is 0.000000241. The fourth-order valence-electron chi connectivity index (χ4n) is 9.28. The number of rotatable bonds is 22. The normalized spacial score (nSPS) is 12.2. The SMILES string of the molecule is CC(C)(C)OC(=O)N[C@@H](Cc1ccccc1)C(=O)NCCC#N.CC(C)(C)OC(=O)N[C@@H](Cc1ccccc1)C(=O)O.CC(C)(C)OC(=O)N[C@@H](Cc1ccccc1)C(=O)n1nn[nH+]n1.N[C@@H](Cc1ccccc1)C(=O)n1nn[nH+]n1.O=C(N[C@@H](Cc1ccccc1)c1nn[nH]n1)c1ccc2nc[nH]c2c1.[Cl-]. The van der Waals surface area contributed by atoms with E-state index in [4.69, 9.17) is 30.3 Å². The molecule has 36 heteroatoms. The summed E-state index contributed by atoms with van der Waals surface area (Å²) in [5, 5.41) is 70.1. The molecule has 0 spiro atoms. The number of nitriles is 1. The number of hydrogen-bond acceptors (Lipinski definition) is 23. The maximum Gasteiger partial charge on any atom is 0.408 e. The first kappa shape index (κ1) is 84.8. The highest BCUT2D eigenvalue weighted by Crippen LogP contribution is 2.19. The minimum atomic E-state index is -1.09. The molecule has 0 radical (unpaired) electrons. The molecule has 12 N–H and O–H groups in total. The molecule has 107 heavy (non-hydrogen) atoms. The Kier molecular flexibility index (Phi) is 33.8. The molecule has 0 fully saturated rings. The lowest BCUT2D eigenvalue weighted by molar-refractivity contribution is -0.526. The number of carbonyl (C=O) groups excluding carboxylic acids is 7. The Labute approximate surface area is 621 Å². The third kappa shape index (κ3) is 32.2. The van der Waals surface area contributed by atoms with Gasteiger partial charge in [-0.15, -0.1) is 10.2 Å². The lowest BCUT2D eigenvalue weighted by Gasteiger charge is -2.23. The first-order valence-corrected chi connectivity index (χ1v) is 33.2. The van der Waals surface area contributed by atoms with Crippen molar-refractivity contribution >= 4 is 58.9 Å². The fraction of sp³-hybridized carbons (Fsp3) is 0.338. The number of nitrogens with zero attached hydrogens (tertiary/aromatic N) is 13. The number of fused-ring (bicyclic) bond motifs is 1. The second kappa shape index (κ2) is 42.7. The number of nitrogens with one attached hydrogen (secondary N) is 9. The molecule has 0 aliphatic rings. The average Bonchev–Trinajstić information content (AvgIpc) is 1.77. The van der Waals surface area contributed by atoms with E-state index in [1.165, 1.54) is 0 Å². The summed E-state index contributed by atoms with van der Waals surface area (Å²) in [5.41, 5.74) is 10.7. The smallest absolute Gasteiger partial charge is 0.408 e. The summed E-state index contributed by atoms with van der Waals surface area (Å²) in [6.45, 7) is 15.9. The van der Waals surface area contributed by atoms with E-state index in [0.717, 1.165) is 48.4 Å². The minimum Gasteiger partial charge on any atom is -1.00 e. The van der Waals surface area contributed by atoms with E-state index >= 15 is 0 Å². The monoisotopic (exact) mass is 1490 g/mol. The van der Waals surface area contributed by atoms with Crippen LogP contribution in [0.3, 0.4) is 0 Å². The highest BCUT2D eigenvalue weighted by Gasteiger charge is 2.32. The van der Waals surface area contributed by atoms with Crippen molar-refractivity contribution in [3.05, 3.63) is 215 Å². The van der Waals surface area contributed by atoms with Crippen LogP contribution in [0.4, 0.5) is 14.4 Å². The summed E-state index contributed by atoms with van der Waals surface area (Å²) >= 11 is 0. The van der Waals surface area contributed by atoms with Crippen LogP contribution in [0.25, 0.3) is 11.0 Å². The zero-order chi connectivity index (χ0) is 77.1. The van der Waals surface area contributed by atoms with Crippen LogP contribution in [0.1, 0.15) is 128 Å². The zero-order valence-electron chi connectivity index (χ0n) is 60.3. The standard InChI is InChI=1S/C17H15N7O.C17H23N3O3.C14H18N6O3.C14H19NO4.C9H10N6O.ClH/c25-17(12-6-7-13-14(9-12)19-10-18-13)20-15(16-21-23-24-22-16)8-11-4-2-1-3-5-11;1-17(2,3)23-16(22)20-14(15(21)19-11-7-10-18)12-13-8-5-4-6-9-13;1-14(2,3)23-13(22)15-11(9-10-7-5-4-6-8-10)12(21)20-18-16-17-19-20;1-14(2,3)19-13(18)15-11(12(16)17)9-10-7-5-4-6-8-10;10-8(6-7-4-2-1-3-5-7)9(16)15-13-11-12-14-15;/h1-7,9-10,15H,8H2,(H,18,19)(H,20,25)(H,21,22,23,24);4-6,8-9,14H,7,11-12H2,1-3H3,(H,19,21)(H,20,22);4-8,11H,9H2,1-3H3,(H,15,22);4-8,11H,9H2,1-3H3,(H,15,18)(H,16,17);1-5,8H,6,10H2;1H/p+1/t15-;14-;2*11-;8-;/m00000./s1. The van der Waals surface area contributed by atoms with Crippen LogP contribution in [-0.2, 0) is 55.9 Å². The van der Waals surface area contributed by atoms with Gasteiger partial charge in [0.2, 0.25) is 5.91 Å².